The number of hydrogen-bond donors (Lipinski definition) is 2. The van der Waals surface area contributed by atoms with Gasteiger partial charge in [0.05, 0.1) is 6.10 Å². The summed E-state index contributed by atoms with van der Waals surface area (Å²) in [6.07, 6.45) is 4.86. The number of benzene rings is 2. The highest BCUT2D eigenvalue weighted by atomic mass is 19.1. The second kappa shape index (κ2) is 9.82. The molecule has 2 N–H and O–H groups in total. The topological polar surface area (TPSA) is 73.2 Å². The SMILES string of the molecule is OC(CN1CCN(CCCc2cc3cc(-n4cnnc4)ccc3[nH]2)CC1)c1cccc(F)c1. The Morgan fingerprint density at radius 3 is 2.55 bits per heavy atom. The van der Waals surface area contributed by atoms with E-state index < -0.39 is 6.10 Å². The third-order valence-electron chi connectivity index (χ3n) is 6.43. The van der Waals surface area contributed by atoms with Crippen molar-refractivity contribution in [3.05, 3.63) is 78.3 Å². The van der Waals surface area contributed by atoms with Gasteiger partial charge in [0.15, 0.2) is 0 Å². The molecule has 172 valence electrons. The molecule has 1 atom stereocenters. The van der Waals surface area contributed by atoms with Gasteiger partial charge in [0.1, 0.15) is 18.5 Å². The number of aryl methyl sites for hydroxylation is 1. The summed E-state index contributed by atoms with van der Waals surface area (Å²) in [5, 5.41) is 19.4. The van der Waals surface area contributed by atoms with Crippen LogP contribution in [0.4, 0.5) is 4.39 Å². The Hall–Kier alpha value is -3.07. The lowest BCUT2D eigenvalue weighted by Crippen LogP contribution is -2.47. The van der Waals surface area contributed by atoms with Crippen molar-refractivity contribution in [2.75, 3.05) is 39.3 Å². The molecule has 0 radical (unpaired) electrons. The van der Waals surface area contributed by atoms with Gasteiger partial charge in [0.25, 0.3) is 0 Å². The van der Waals surface area contributed by atoms with Crippen LogP contribution in [0.15, 0.2) is 61.2 Å². The summed E-state index contributed by atoms with van der Waals surface area (Å²) >= 11 is 0. The summed E-state index contributed by atoms with van der Waals surface area (Å²) < 4.78 is 15.3. The van der Waals surface area contributed by atoms with Crippen LogP contribution >= 0.6 is 0 Å². The zero-order valence-electron chi connectivity index (χ0n) is 18.6. The number of nitrogens with zero attached hydrogens (tertiary/aromatic N) is 5. The monoisotopic (exact) mass is 448 g/mol. The number of nitrogens with one attached hydrogen (secondary N) is 1. The van der Waals surface area contributed by atoms with E-state index in [1.165, 1.54) is 23.2 Å². The summed E-state index contributed by atoms with van der Waals surface area (Å²) in [6.45, 7) is 5.43. The summed E-state index contributed by atoms with van der Waals surface area (Å²) in [7, 11) is 0. The van der Waals surface area contributed by atoms with Crippen LogP contribution in [0.5, 0.6) is 0 Å². The van der Waals surface area contributed by atoms with Crippen molar-refractivity contribution in [1.29, 1.82) is 0 Å². The molecule has 5 rings (SSSR count). The molecule has 8 heteroatoms. The molecule has 0 amide bonds. The lowest BCUT2D eigenvalue weighted by Gasteiger charge is -2.35. The van der Waals surface area contributed by atoms with Crippen molar-refractivity contribution < 1.29 is 9.50 Å². The molecule has 0 bridgehead atoms. The highest BCUT2D eigenvalue weighted by molar-refractivity contribution is 5.82. The van der Waals surface area contributed by atoms with Crippen molar-refractivity contribution >= 4 is 10.9 Å². The zero-order chi connectivity index (χ0) is 22.6. The van der Waals surface area contributed by atoms with E-state index in [4.69, 9.17) is 0 Å². The first kappa shape index (κ1) is 21.8. The number of fused-ring (bicyclic) bond motifs is 1. The molecule has 0 aliphatic carbocycles. The van der Waals surface area contributed by atoms with E-state index in [0.717, 1.165) is 56.8 Å². The van der Waals surface area contributed by atoms with Gasteiger partial charge in [-0.25, -0.2) is 4.39 Å². The van der Waals surface area contributed by atoms with Crippen LogP contribution in [-0.2, 0) is 6.42 Å². The van der Waals surface area contributed by atoms with Gasteiger partial charge in [-0.1, -0.05) is 12.1 Å². The highest BCUT2D eigenvalue weighted by Gasteiger charge is 2.20. The minimum absolute atomic E-state index is 0.303. The quantitative estimate of drug-likeness (QED) is 0.433. The van der Waals surface area contributed by atoms with Crippen LogP contribution in [-0.4, -0.2) is 73.9 Å². The van der Waals surface area contributed by atoms with Crippen LogP contribution in [0.2, 0.25) is 0 Å². The molecule has 1 aliphatic rings. The smallest absolute Gasteiger partial charge is 0.123 e. The van der Waals surface area contributed by atoms with E-state index in [2.05, 4.69) is 49.2 Å². The molecule has 33 heavy (non-hydrogen) atoms. The van der Waals surface area contributed by atoms with E-state index in [1.54, 1.807) is 24.8 Å². The number of rotatable bonds is 8. The second-order valence-electron chi connectivity index (χ2n) is 8.75. The third kappa shape index (κ3) is 5.30. The summed E-state index contributed by atoms with van der Waals surface area (Å²) in [5.74, 6) is -0.303. The van der Waals surface area contributed by atoms with E-state index in [9.17, 15) is 9.50 Å². The molecule has 4 aromatic rings. The number of aromatic amines is 1. The summed E-state index contributed by atoms with van der Waals surface area (Å²) in [6, 6.07) is 14.8. The van der Waals surface area contributed by atoms with Crippen LogP contribution in [0.1, 0.15) is 23.8 Å². The molecule has 2 aromatic carbocycles. The highest BCUT2D eigenvalue weighted by Crippen LogP contribution is 2.21. The molecule has 0 spiro atoms. The van der Waals surface area contributed by atoms with Crippen LogP contribution in [0.3, 0.4) is 0 Å². The molecule has 2 aromatic heterocycles. The van der Waals surface area contributed by atoms with Gasteiger partial charge < -0.3 is 15.0 Å². The fourth-order valence-corrected chi connectivity index (χ4v) is 4.56. The number of aromatic nitrogens is 4. The van der Waals surface area contributed by atoms with E-state index in [1.807, 2.05) is 4.57 Å². The van der Waals surface area contributed by atoms with Gasteiger partial charge in [0, 0.05) is 55.0 Å². The van der Waals surface area contributed by atoms with Crippen molar-refractivity contribution in [3.8, 4) is 5.69 Å². The number of hydrogen-bond acceptors (Lipinski definition) is 5. The molecule has 7 nitrogen and oxygen atoms in total. The molecular weight excluding hydrogens is 419 g/mol. The van der Waals surface area contributed by atoms with Gasteiger partial charge in [-0.05, 0) is 61.3 Å². The summed E-state index contributed by atoms with van der Waals surface area (Å²) in [5.41, 5.74) is 4.10. The summed E-state index contributed by atoms with van der Waals surface area (Å²) in [4.78, 5) is 8.28. The average molecular weight is 449 g/mol. The predicted octanol–water partition coefficient (Wildman–Crippen LogP) is 3.17. The van der Waals surface area contributed by atoms with Gasteiger partial charge in [-0.3, -0.25) is 9.47 Å². The first-order valence-electron chi connectivity index (χ1n) is 11.5. The molecule has 0 saturated carbocycles. The predicted molar refractivity (Wildman–Crippen MR) is 126 cm³/mol. The maximum Gasteiger partial charge on any atom is 0.123 e. The molecular formula is C25H29FN6O. The van der Waals surface area contributed by atoms with Gasteiger partial charge in [-0.15, -0.1) is 10.2 Å². The Labute approximate surface area is 192 Å². The zero-order valence-corrected chi connectivity index (χ0v) is 18.6. The number of piperazine rings is 1. The Balaban J connectivity index is 1.07. The standard InChI is InChI=1S/C25H29FN6O/c26-21-4-1-3-19(13-21)25(33)16-31-11-9-30(10-12-31)8-2-5-22-14-20-15-23(6-7-24(20)29-22)32-17-27-28-18-32/h1,3-4,6-7,13-15,17-18,25,29,33H,2,5,8-12,16H2. The third-order valence-corrected chi connectivity index (χ3v) is 6.43. The lowest BCUT2D eigenvalue weighted by molar-refractivity contribution is 0.0721. The minimum atomic E-state index is -0.653. The molecule has 1 fully saturated rings. The Kier molecular flexibility index (Phi) is 6.48. The van der Waals surface area contributed by atoms with E-state index in [-0.39, 0.29) is 5.82 Å². The fraction of sp³-hybridized carbons (Fsp3) is 0.360. The van der Waals surface area contributed by atoms with Crippen molar-refractivity contribution in [3.63, 3.8) is 0 Å². The Bertz CT molecular complexity index is 1180. The maximum atomic E-state index is 13.4. The van der Waals surface area contributed by atoms with Crippen molar-refractivity contribution in [1.82, 2.24) is 29.5 Å². The Morgan fingerprint density at radius 2 is 1.76 bits per heavy atom. The van der Waals surface area contributed by atoms with Crippen LogP contribution < -0.4 is 0 Å². The average Bonchev–Trinajstić information content (AvgIpc) is 3.49. The Morgan fingerprint density at radius 1 is 0.970 bits per heavy atom. The lowest BCUT2D eigenvalue weighted by atomic mass is 10.1. The fourth-order valence-electron chi connectivity index (χ4n) is 4.56. The van der Waals surface area contributed by atoms with Crippen molar-refractivity contribution in [2.24, 2.45) is 0 Å². The first-order valence-corrected chi connectivity index (χ1v) is 11.5. The molecule has 1 aliphatic heterocycles. The van der Waals surface area contributed by atoms with Crippen molar-refractivity contribution in [2.45, 2.75) is 18.9 Å². The van der Waals surface area contributed by atoms with Gasteiger partial charge in [-0.2, -0.15) is 0 Å². The minimum Gasteiger partial charge on any atom is -0.387 e. The van der Waals surface area contributed by atoms with E-state index >= 15 is 0 Å². The number of halogens is 1. The maximum absolute atomic E-state index is 13.4. The molecule has 1 unspecified atom stereocenters. The van der Waals surface area contributed by atoms with Gasteiger partial charge >= 0.3 is 0 Å². The van der Waals surface area contributed by atoms with Crippen LogP contribution in [0, 0.1) is 5.82 Å². The largest absolute Gasteiger partial charge is 0.387 e. The molecule has 1 saturated heterocycles. The van der Waals surface area contributed by atoms with Crippen LogP contribution in [0.25, 0.3) is 16.6 Å². The number of β-amino-alcohol motifs (C(OH)–C–C–N with tert-alkyl or cyclic N) is 1. The normalized spacial score (nSPS) is 16.4. The number of H-pyrrole nitrogens is 1. The second-order valence-corrected chi connectivity index (χ2v) is 8.75. The number of aliphatic hydroxyl groups excluding tert-OH is 1. The van der Waals surface area contributed by atoms with Gasteiger partial charge in [0.2, 0.25) is 0 Å². The van der Waals surface area contributed by atoms with E-state index in [0.29, 0.717) is 12.1 Å². The number of aliphatic hydroxyl groups is 1. The first-order chi connectivity index (χ1) is 16.1. The molecule has 3 heterocycles.